The van der Waals surface area contributed by atoms with Crippen molar-refractivity contribution in [1.82, 2.24) is 15.2 Å². The Bertz CT molecular complexity index is 659. The molecule has 0 spiro atoms. The minimum atomic E-state index is 0.0175. The van der Waals surface area contributed by atoms with Gasteiger partial charge in [0.1, 0.15) is 11.9 Å². The highest BCUT2D eigenvalue weighted by atomic mass is 16.2. The van der Waals surface area contributed by atoms with Gasteiger partial charge < -0.3 is 15.1 Å². The molecular formula is C18H23N5O2. The quantitative estimate of drug-likeness (QED) is 0.860. The van der Waals surface area contributed by atoms with E-state index in [1.165, 1.54) is 0 Å². The third kappa shape index (κ3) is 4.27. The summed E-state index contributed by atoms with van der Waals surface area (Å²) >= 11 is 0. The van der Waals surface area contributed by atoms with Gasteiger partial charge in [-0.15, -0.1) is 0 Å². The molecule has 3 rings (SSSR count). The van der Waals surface area contributed by atoms with Gasteiger partial charge in [0.25, 0.3) is 0 Å². The number of hydrogen-bond donors (Lipinski definition) is 1. The number of rotatable bonds is 5. The molecule has 0 aliphatic carbocycles. The summed E-state index contributed by atoms with van der Waals surface area (Å²) < 4.78 is 0. The molecular weight excluding hydrogens is 318 g/mol. The molecule has 25 heavy (non-hydrogen) atoms. The zero-order valence-corrected chi connectivity index (χ0v) is 14.3. The van der Waals surface area contributed by atoms with E-state index in [0.717, 1.165) is 44.7 Å². The first-order valence-corrected chi connectivity index (χ1v) is 8.84. The first-order valence-electron chi connectivity index (χ1n) is 8.84. The summed E-state index contributed by atoms with van der Waals surface area (Å²) in [6.07, 6.45) is 4.71. The van der Waals surface area contributed by atoms with Crippen LogP contribution in [-0.4, -0.2) is 54.4 Å². The summed E-state index contributed by atoms with van der Waals surface area (Å²) in [5.74, 6) is 1.14. The molecule has 2 fully saturated rings. The average molecular weight is 341 g/mol. The molecule has 7 heteroatoms. The second-order valence-electron chi connectivity index (χ2n) is 6.55. The first kappa shape index (κ1) is 17.2. The molecule has 2 aliphatic heterocycles. The molecule has 2 saturated heterocycles. The normalized spacial score (nSPS) is 18.3. The van der Waals surface area contributed by atoms with Crippen LogP contribution in [0.5, 0.6) is 0 Å². The second kappa shape index (κ2) is 7.97. The Hall–Kier alpha value is -2.62. The number of amides is 2. The molecule has 2 aliphatic rings. The lowest BCUT2D eigenvalue weighted by Gasteiger charge is -2.32. The Morgan fingerprint density at radius 2 is 2.12 bits per heavy atom. The van der Waals surface area contributed by atoms with Crippen LogP contribution in [0.2, 0.25) is 0 Å². The molecule has 0 saturated carbocycles. The number of aromatic nitrogens is 1. The molecule has 0 bridgehead atoms. The number of nitrogens with zero attached hydrogens (tertiary/aromatic N) is 4. The smallest absolute Gasteiger partial charge is 0.223 e. The van der Waals surface area contributed by atoms with Crippen molar-refractivity contribution in [2.24, 2.45) is 5.92 Å². The molecule has 1 aromatic heterocycles. The Morgan fingerprint density at radius 3 is 2.72 bits per heavy atom. The average Bonchev–Trinajstić information content (AvgIpc) is 3.07. The van der Waals surface area contributed by atoms with Crippen molar-refractivity contribution in [3.8, 4) is 6.07 Å². The number of anilines is 1. The predicted octanol–water partition coefficient (Wildman–Crippen LogP) is 0.908. The van der Waals surface area contributed by atoms with Gasteiger partial charge in [-0.05, 0) is 31.4 Å². The number of carbonyl (C=O) groups excluding carboxylic acids is 2. The molecule has 0 radical (unpaired) electrons. The van der Waals surface area contributed by atoms with Crippen molar-refractivity contribution < 1.29 is 9.59 Å². The van der Waals surface area contributed by atoms with Crippen LogP contribution in [0.4, 0.5) is 5.82 Å². The van der Waals surface area contributed by atoms with Crippen molar-refractivity contribution >= 4 is 17.6 Å². The van der Waals surface area contributed by atoms with E-state index in [1.807, 2.05) is 11.0 Å². The lowest BCUT2D eigenvalue weighted by atomic mass is 9.96. The van der Waals surface area contributed by atoms with Gasteiger partial charge >= 0.3 is 0 Å². The monoisotopic (exact) mass is 341 g/mol. The van der Waals surface area contributed by atoms with E-state index < -0.39 is 0 Å². The molecule has 3 heterocycles. The zero-order valence-electron chi connectivity index (χ0n) is 14.3. The molecule has 132 valence electrons. The Kier molecular flexibility index (Phi) is 5.49. The summed E-state index contributed by atoms with van der Waals surface area (Å²) in [6.45, 7) is 3.51. The maximum atomic E-state index is 12.3. The van der Waals surface area contributed by atoms with Crippen LogP contribution in [-0.2, 0) is 9.59 Å². The van der Waals surface area contributed by atoms with E-state index in [2.05, 4.69) is 21.3 Å². The van der Waals surface area contributed by atoms with E-state index in [1.54, 1.807) is 12.3 Å². The highest BCUT2D eigenvalue weighted by Crippen LogP contribution is 2.22. The van der Waals surface area contributed by atoms with E-state index >= 15 is 0 Å². The Balaban J connectivity index is 1.41. The van der Waals surface area contributed by atoms with Crippen LogP contribution in [0.3, 0.4) is 0 Å². The van der Waals surface area contributed by atoms with Crippen LogP contribution < -0.4 is 10.2 Å². The van der Waals surface area contributed by atoms with E-state index in [0.29, 0.717) is 25.1 Å². The molecule has 0 atom stereocenters. The molecule has 2 amide bonds. The number of piperidine rings is 1. The first-order chi connectivity index (χ1) is 12.2. The van der Waals surface area contributed by atoms with Crippen LogP contribution >= 0.6 is 0 Å². The number of nitriles is 1. The van der Waals surface area contributed by atoms with E-state index in [9.17, 15) is 9.59 Å². The topological polar surface area (TPSA) is 89.3 Å². The highest BCUT2D eigenvalue weighted by Gasteiger charge is 2.26. The minimum absolute atomic E-state index is 0.0175. The SMILES string of the molecule is N#Cc1ccc(N2CCC(C(=O)NCCN3CCCC3=O)CC2)nc1. The molecule has 1 N–H and O–H groups in total. The number of likely N-dealkylation sites (tertiary alicyclic amines) is 1. The summed E-state index contributed by atoms with van der Waals surface area (Å²) in [5.41, 5.74) is 0.550. The van der Waals surface area contributed by atoms with Gasteiger partial charge in [0.2, 0.25) is 11.8 Å². The van der Waals surface area contributed by atoms with Gasteiger partial charge in [-0.1, -0.05) is 0 Å². The Labute approximate surface area is 147 Å². The molecule has 7 nitrogen and oxygen atoms in total. The fourth-order valence-corrected chi connectivity index (χ4v) is 3.41. The third-order valence-corrected chi connectivity index (χ3v) is 4.92. The van der Waals surface area contributed by atoms with Crippen LogP contribution in [0.15, 0.2) is 18.3 Å². The molecule has 1 aromatic rings. The van der Waals surface area contributed by atoms with Crippen molar-refractivity contribution in [1.29, 1.82) is 5.26 Å². The van der Waals surface area contributed by atoms with Crippen molar-refractivity contribution in [3.63, 3.8) is 0 Å². The number of nitrogens with one attached hydrogen (secondary N) is 1. The summed E-state index contributed by atoms with van der Waals surface area (Å²) in [6, 6.07) is 5.68. The van der Waals surface area contributed by atoms with Crippen LogP contribution in [0.25, 0.3) is 0 Å². The number of hydrogen-bond acceptors (Lipinski definition) is 5. The summed E-state index contributed by atoms with van der Waals surface area (Å²) in [5, 5.41) is 11.8. The third-order valence-electron chi connectivity index (χ3n) is 4.92. The minimum Gasteiger partial charge on any atom is -0.357 e. The van der Waals surface area contributed by atoms with E-state index in [-0.39, 0.29) is 17.7 Å². The van der Waals surface area contributed by atoms with Gasteiger partial charge in [-0.25, -0.2) is 4.98 Å². The standard InChI is InChI=1S/C18H23N5O2/c19-12-14-3-4-16(21-13-14)22-9-5-15(6-10-22)18(25)20-7-11-23-8-1-2-17(23)24/h3-4,13,15H,1-2,5-11H2,(H,20,25). The van der Waals surface area contributed by atoms with Gasteiger partial charge in [-0.3, -0.25) is 9.59 Å². The van der Waals surface area contributed by atoms with Crippen molar-refractivity contribution in [2.75, 3.05) is 37.6 Å². The van der Waals surface area contributed by atoms with Crippen molar-refractivity contribution in [3.05, 3.63) is 23.9 Å². The maximum Gasteiger partial charge on any atom is 0.223 e. The maximum absolute atomic E-state index is 12.3. The van der Waals surface area contributed by atoms with Gasteiger partial charge in [0, 0.05) is 51.3 Å². The lowest BCUT2D eigenvalue weighted by molar-refractivity contribution is -0.129. The van der Waals surface area contributed by atoms with Gasteiger partial charge in [-0.2, -0.15) is 5.26 Å². The zero-order chi connectivity index (χ0) is 17.6. The highest BCUT2D eigenvalue weighted by molar-refractivity contribution is 5.79. The molecule has 0 aromatic carbocycles. The predicted molar refractivity (Wildman–Crippen MR) is 92.7 cm³/mol. The van der Waals surface area contributed by atoms with Crippen molar-refractivity contribution in [2.45, 2.75) is 25.7 Å². The lowest BCUT2D eigenvalue weighted by Crippen LogP contribution is -2.43. The van der Waals surface area contributed by atoms with Crippen LogP contribution in [0, 0.1) is 17.2 Å². The number of carbonyl (C=O) groups is 2. The fraction of sp³-hybridized carbons (Fsp3) is 0.556. The fourth-order valence-electron chi connectivity index (χ4n) is 3.41. The summed E-state index contributed by atoms with van der Waals surface area (Å²) in [4.78, 5) is 32.1. The number of pyridine rings is 1. The second-order valence-corrected chi connectivity index (χ2v) is 6.55. The largest absolute Gasteiger partial charge is 0.357 e. The Morgan fingerprint density at radius 1 is 1.32 bits per heavy atom. The van der Waals surface area contributed by atoms with Gasteiger partial charge in [0.05, 0.1) is 5.56 Å². The molecule has 0 unspecified atom stereocenters. The van der Waals surface area contributed by atoms with E-state index in [4.69, 9.17) is 5.26 Å². The van der Waals surface area contributed by atoms with Crippen LogP contribution in [0.1, 0.15) is 31.2 Å². The summed E-state index contributed by atoms with van der Waals surface area (Å²) in [7, 11) is 0. The van der Waals surface area contributed by atoms with Gasteiger partial charge in [0.15, 0.2) is 0 Å².